The number of nitrogens with zero attached hydrogens (tertiary/aromatic N) is 1. The highest BCUT2D eigenvalue weighted by molar-refractivity contribution is 7.47. The van der Waals surface area contributed by atoms with Gasteiger partial charge < -0.3 is 18.9 Å². The smallest absolute Gasteiger partial charge is 0.457 e. The number of unbranched alkanes of at least 4 members (excludes halogenated alkanes) is 35. The van der Waals surface area contributed by atoms with Gasteiger partial charge in [-0.1, -0.05) is 239 Å². The van der Waals surface area contributed by atoms with Crippen molar-refractivity contribution in [1.29, 1.82) is 0 Å². The highest BCUT2D eigenvalue weighted by atomic mass is 31.2. The minimum Gasteiger partial charge on any atom is -0.457 e. The summed E-state index contributed by atoms with van der Waals surface area (Å²) in [6, 6.07) is 0. The number of phosphoric ester groups is 1. The van der Waals surface area contributed by atoms with Crippen LogP contribution in [0.25, 0.3) is 0 Å². The SMILES string of the molecule is CCCCCCCCCCCCCCCCCCCCCC(=O)O[C@H](COCCCCCCCCCCCCCCCCCCCC)COP(=O)(O)OCC[N+](C)(C)C. The number of quaternary nitrogens is 1. The molecule has 0 rings (SSSR count). The number of hydrogen-bond donors (Lipinski definition) is 1. The van der Waals surface area contributed by atoms with Crippen LogP contribution in [0, 0.1) is 0 Å². The van der Waals surface area contributed by atoms with Gasteiger partial charge in [-0.3, -0.25) is 13.8 Å². The molecule has 0 heterocycles. The van der Waals surface area contributed by atoms with Crippen LogP contribution in [0.5, 0.6) is 0 Å². The molecular formula is C50H103NO7P+. The van der Waals surface area contributed by atoms with Gasteiger partial charge in [-0.2, -0.15) is 0 Å². The van der Waals surface area contributed by atoms with Crippen molar-refractivity contribution in [2.75, 3.05) is 54.1 Å². The summed E-state index contributed by atoms with van der Waals surface area (Å²) in [6.45, 7) is 5.71. The second-order valence-electron chi connectivity index (χ2n) is 18.9. The summed E-state index contributed by atoms with van der Waals surface area (Å²) in [5.41, 5.74) is 0. The monoisotopic (exact) mass is 861 g/mol. The van der Waals surface area contributed by atoms with Crippen LogP contribution >= 0.6 is 7.82 Å². The second-order valence-corrected chi connectivity index (χ2v) is 20.4. The Morgan fingerprint density at radius 1 is 0.458 bits per heavy atom. The molecule has 0 aromatic heterocycles. The first-order valence-corrected chi connectivity index (χ1v) is 27.3. The Labute approximate surface area is 368 Å². The largest absolute Gasteiger partial charge is 0.472 e. The van der Waals surface area contributed by atoms with Crippen LogP contribution in [0.4, 0.5) is 0 Å². The first-order chi connectivity index (χ1) is 28.6. The van der Waals surface area contributed by atoms with E-state index in [0.29, 0.717) is 24.1 Å². The van der Waals surface area contributed by atoms with Crippen LogP contribution < -0.4 is 0 Å². The minimum absolute atomic E-state index is 0.0942. The van der Waals surface area contributed by atoms with Gasteiger partial charge in [-0.25, -0.2) is 4.57 Å². The average molecular weight is 861 g/mol. The van der Waals surface area contributed by atoms with Crippen LogP contribution in [0.15, 0.2) is 0 Å². The molecule has 0 bridgehead atoms. The molecule has 0 saturated carbocycles. The topological polar surface area (TPSA) is 91.3 Å². The molecule has 0 aliphatic carbocycles. The van der Waals surface area contributed by atoms with E-state index in [2.05, 4.69) is 13.8 Å². The Morgan fingerprint density at radius 3 is 1.12 bits per heavy atom. The molecule has 0 amide bonds. The molecule has 0 radical (unpaired) electrons. The lowest BCUT2D eigenvalue weighted by atomic mass is 10.0. The van der Waals surface area contributed by atoms with E-state index in [0.717, 1.165) is 32.1 Å². The minimum atomic E-state index is -4.27. The van der Waals surface area contributed by atoms with Crippen molar-refractivity contribution in [1.82, 2.24) is 0 Å². The molecule has 0 aliphatic heterocycles. The molecule has 0 fully saturated rings. The molecule has 0 aromatic carbocycles. The third-order valence-electron chi connectivity index (χ3n) is 11.7. The van der Waals surface area contributed by atoms with E-state index in [4.69, 9.17) is 18.5 Å². The lowest BCUT2D eigenvalue weighted by Crippen LogP contribution is -2.37. The van der Waals surface area contributed by atoms with E-state index < -0.39 is 13.9 Å². The average Bonchev–Trinajstić information content (AvgIpc) is 3.19. The Kier molecular flexibility index (Phi) is 43.7. The van der Waals surface area contributed by atoms with Gasteiger partial charge >= 0.3 is 13.8 Å². The van der Waals surface area contributed by atoms with Crippen molar-refractivity contribution in [2.45, 2.75) is 264 Å². The molecule has 0 aromatic rings. The zero-order valence-electron chi connectivity index (χ0n) is 40.3. The third-order valence-corrected chi connectivity index (χ3v) is 12.7. The fourth-order valence-corrected chi connectivity index (χ4v) is 8.42. The quantitative estimate of drug-likeness (QED) is 0.0282. The predicted molar refractivity (Wildman–Crippen MR) is 252 cm³/mol. The van der Waals surface area contributed by atoms with E-state index in [1.54, 1.807) is 0 Å². The molecule has 8 nitrogen and oxygen atoms in total. The number of esters is 1. The van der Waals surface area contributed by atoms with Crippen LogP contribution in [-0.4, -0.2) is 75.6 Å². The van der Waals surface area contributed by atoms with E-state index >= 15 is 0 Å². The number of likely N-dealkylation sites (N-methyl/N-ethyl adjacent to an activating group) is 1. The zero-order valence-corrected chi connectivity index (χ0v) is 41.2. The Bertz CT molecular complexity index is 914. The molecule has 1 unspecified atom stereocenters. The summed E-state index contributed by atoms with van der Waals surface area (Å²) < 4.78 is 35.2. The fraction of sp³-hybridized carbons (Fsp3) is 0.980. The number of rotatable bonds is 49. The summed E-state index contributed by atoms with van der Waals surface area (Å²) in [4.78, 5) is 23.0. The summed E-state index contributed by atoms with van der Waals surface area (Å²) in [5, 5.41) is 0. The van der Waals surface area contributed by atoms with Crippen molar-refractivity contribution in [3.63, 3.8) is 0 Å². The van der Waals surface area contributed by atoms with Crippen LogP contribution in [0.1, 0.15) is 258 Å². The number of carbonyl (C=O) groups is 1. The maximum Gasteiger partial charge on any atom is 0.472 e. The zero-order chi connectivity index (χ0) is 43.4. The predicted octanol–water partition coefficient (Wildman–Crippen LogP) is 15.6. The maximum absolute atomic E-state index is 12.8. The molecule has 354 valence electrons. The van der Waals surface area contributed by atoms with Gasteiger partial charge in [0.1, 0.15) is 19.3 Å². The van der Waals surface area contributed by atoms with Gasteiger partial charge in [0.15, 0.2) is 0 Å². The summed E-state index contributed by atoms with van der Waals surface area (Å²) in [6.07, 6.45) is 48.6. The van der Waals surface area contributed by atoms with Gasteiger partial charge in [0.2, 0.25) is 0 Å². The molecule has 59 heavy (non-hydrogen) atoms. The number of hydrogen-bond acceptors (Lipinski definition) is 6. The standard InChI is InChI=1S/C50H102NO7P/c1-6-8-10-12-14-16-18-20-22-24-26-27-29-31-33-35-37-39-41-43-50(52)58-49(48-57-59(53,54)56-46-44-51(3,4)5)47-55-45-42-40-38-36-34-32-30-28-25-23-21-19-17-15-13-11-9-7-2/h49H,6-48H2,1-5H3/p+1/t49-/m1/s1. The molecule has 2 atom stereocenters. The Morgan fingerprint density at radius 2 is 0.780 bits per heavy atom. The lowest BCUT2D eigenvalue weighted by molar-refractivity contribution is -0.870. The lowest BCUT2D eigenvalue weighted by Gasteiger charge is -2.24. The molecule has 1 N–H and O–H groups in total. The van der Waals surface area contributed by atoms with E-state index in [9.17, 15) is 14.3 Å². The highest BCUT2D eigenvalue weighted by Crippen LogP contribution is 2.43. The van der Waals surface area contributed by atoms with Crippen LogP contribution in [0.2, 0.25) is 0 Å². The van der Waals surface area contributed by atoms with Crippen molar-refractivity contribution < 1.29 is 37.3 Å². The number of carbonyl (C=O) groups excluding carboxylic acids is 1. The molecule has 0 aliphatic rings. The fourth-order valence-electron chi connectivity index (χ4n) is 7.67. The highest BCUT2D eigenvalue weighted by Gasteiger charge is 2.26. The maximum atomic E-state index is 12.8. The van der Waals surface area contributed by atoms with Gasteiger partial charge in [0.25, 0.3) is 0 Å². The van der Waals surface area contributed by atoms with Crippen LogP contribution in [-0.2, 0) is 27.9 Å². The van der Waals surface area contributed by atoms with Gasteiger partial charge in [-0.15, -0.1) is 0 Å². The molecular weight excluding hydrogens is 758 g/mol. The first-order valence-electron chi connectivity index (χ1n) is 25.8. The van der Waals surface area contributed by atoms with Crippen molar-refractivity contribution >= 4 is 13.8 Å². The van der Waals surface area contributed by atoms with Crippen molar-refractivity contribution in [3.05, 3.63) is 0 Å². The number of ether oxygens (including phenoxy) is 2. The molecule has 0 spiro atoms. The number of phosphoric acid groups is 1. The third kappa shape index (κ3) is 48.4. The van der Waals surface area contributed by atoms with E-state index in [1.807, 2.05) is 21.1 Å². The van der Waals surface area contributed by atoms with Gasteiger partial charge in [0, 0.05) is 13.0 Å². The summed E-state index contributed by atoms with van der Waals surface area (Å²) >= 11 is 0. The Hall–Kier alpha value is -0.500. The first kappa shape index (κ1) is 58.5. The van der Waals surface area contributed by atoms with Gasteiger partial charge in [-0.05, 0) is 12.8 Å². The normalized spacial score (nSPS) is 13.5. The Balaban J connectivity index is 4.09. The molecule has 0 saturated heterocycles. The van der Waals surface area contributed by atoms with Gasteiger partial charge in [0.05, 0.1) is 34.4 Å². The summed E-state index contributed by atoms with van der Waals surface area (Å²) in [7, 11) is 1.69. The second kappa shape index (κ2) is 44.1. The molecule has 9 heteroatoms. The van der Waals surface area contributed by atoms with E-state index in [-0.39, 0.29) is 25.8 Å². The van der Waals surface area contributed by atoms with E-state index in [1.165, 1.54) is 205 Å². The van der Waals surface area contributed by atoms with Crippen molar-refractivity contribution in [2.24, 2.45) is 0 Å². The van der Waals surface area contributed by atoms with Crippen molar-refractivity contribution in [3.8, 4) is 0 Å². The summed E-state index contributed by atoms with van der Waals surface area (Å²) in [5.74, 6) is -0.305. The van der Waals surface area contributed by atoms with Crippen LogP contribution in [0.3, 0.4) is 0 Å².